The van der Waals surface area contributed by atoms with Gasteiger partial charge >= 0.3 is 0 Å². The molecule has 123 heavy (non-hydrogen) atoms. The molecule has 0 spiro atoms. The number of benzene rings is 16. The Hall–Kier alpha value is -13.5. The number of nitrogens with zero attached hydrogens (tertiary/aromatic N) is 4. The van der Waals surface area contributed by atoms with E-state index in [0.717, 1.165) is 27.6 Å². The molecule has 5 heteroatoms. The lowest BCUT2D eigenvalue weighted by molar-refractivity contribution is 0.558. The summed E-state index contributed by atoms with van der Waals surface area (Å²) in [4.78, 5) is 9.76. The summed E-state index contributed by atoms with van der Waals surface area (Å²) < 4.78 is 6.02. The molecule has 5 nitrogen and oxygen atoms in total. The van der Waals surface area contributed by atoms with Crippen LogP contribution in [0.2, 0.25) is 0 Å². The van der Waals surface area contributed by atoms with E-state index in [2.05, 4.69) is 519 Å². The molecule has 0 bridgehead atoms. The molecule has 16 aromatic carbocycles. The molecule has 1 aromatic heterocycles. The van der Waals surface area contributed by atoms with E-state index in [1.165, 1.54) is 140 Å². The Labute approximate surface area is 730 Å². The van der Waals surface area contributed by atoms with Gasteiger partial charge in [0.25, 0.3) is 0 Å². The number of fused-ring (bicyclic) bond motifs is 9. The summed E-state index contributed by atoms with van der Waals surface area (Å²) in [6.45, 7) is 36.7. The molecule has 0 unspecified atom stereocenters. The molecule has 0 N–H and O–H groups in total. The average molecular weight is 1600 g/mol. The molecule has 1 heterocycles. The minimum Gasteiger partial charge on any atom is -0.456 e. The quantitative estimate of drug-likeness (QED) is 0.115. The third kappa shape index (κ3) is 17.5. The molecule has 0 radical (unpaired) electrons. The second kappa shape index (κ2) is 34.2. The van der Waals surface area contributed by atoms with Crippen molar-refractivity contribution in [1.82, 2.24) is 0 Å². The molecule has 2 aliphatic carbocycles. The van der Waals surface area contributed by atoms with E-state index in [0.29, 0.717) is 0 Å². The number of furan rings is 1. The lowest BCUT2D eigenvalue weighted by Crippen LogP contribution is -2.38. The number of hydrogen-bond acceptors (Lipinski definition) is 5. The topological polar surface area (TPSA) is 26.1 Å². The maximum Gasteiger partial charge on any atom is 0.135 e. The van der Waals surface area contributed by atoms with Gasteiger partial charge < -0.3 is 24.0 Å². The normalized spacial score (nSPS) is 12.8. The highest BCUT2D eigenvalue weighted by Crippen LogP contribution is 2.54. The number of anilines is 8. The Balaban J connectivity index is 0.000000122. The van der Waals surface area contributed by atoms with Crippen molar-refractivity contribution in [2.45, 2.75) is 144 Å². The second-order valence-corrected chi connectivity index (χ2v) is 37.6. The van der Waals surface area contributed by atoms with Crippen LogP contribution in [0.15, 0.2) is 405 Å². The number of rotatable bonds is 13. The lowest BCUT2D eigenvalue weighted by Gasteiger charge is -2.39. The zero-order chi connectivity index (χ0) is 86.0. The van der Waals surface area contributed by atoms with Crippen LogP contribution in [0, 0.1) is 0 Å². The van der Waals surface area contributed by atoms with Crippen LogP contribution in [0.5, 0.6) is 0 Å². The minimum absolute atomic E-state index is 0.00688. The van der Waals surface area contributed by atoms with E-state index < -0.39 is 0 Å². The zero-order valence-corrected chi connectivity index (χ0v) is 74.3. The molecular formula is C118H114N4O. The first-order valence-electron chi connectivity index (χ1n) is 43.5. The SMILES string of the molecule is CC(C)(C)N(c1ccc(-c2ccccc2)cc1)c1ccc2oc3ccccc3c2c1.CC(C)(C)N(c1ccc(-c2ccccc2)cc1)c1cccc(-c2ccccc2)c1.CC(C)(C)N(c1ccc(-c2ccccc2)cc1)c1ccccc1-c1ccccc1.CC1(C)c2ccccc2-c2ccc(N(c3ccc4c(c3)C(C)(C)c3ccccc3-4)C(C)(C)C)cc21. The summed E-state index contributed by atoms with van der Waals surface area (Å²) in [5.74, 6) is 0. The summed E-state index contributed by atoms with van der Waals surface area (Å²) in [5, 5.41) is 2.31. The Morgan fingerprint density at radius 1 is 0.187 bits per heavy atom. The molecule has 0 aliphatic heterocycles. The van der Waals surface area contributed by atoms with E-state index in [4.69, 9.17) is 4.42 Å². The summed E-state index contributed by atoms with van der Waals surface area (Å²) in [6, 6.07) is 143. The fourth-order valence-corrected chi connectivity index (χ4v) is 18.5. The van der Waals surface area contributed by atoms with Crippen LogP contribution in [-0.4, -0.2) is 22.2 Å². The van der Waals surface area contributed by atoms with Gasteiger partial charge in [-0.3, -0.25) is 0 Å². The predicted octanol–water partition coefficient (Wildman–Crippen LogP) is 33.3. The van der Waals surface area contributed by atoms with Crippen LogP contribution in [0.3, 0.4) is 0 Å². The summed E-state index contributed by atoms with van der Waals surface area (Å²) in [7, 11) is 0. The van der Waals surface area contributed by atoms with Crippen LogP contribution in [-0.2, 0) is 10.8 Å². The van der Waals surface area contributed by atoms with E-state index in [9.17, 15) is 0 Å². The molecule has 2 aliphatic rings. The first kappa shape index (κ1) is 83.2. The van der Waals surface area contributed by atoms with Gasteiger partial charge in [-0.05, 0) is 281 Å². The standard InChI is InChI=1S/C34H35N.C28H25NO.2C28H27N/c1-32(2,3)35(22-16-18-26-24-12-8-10-14-28(24)33(4,5)30(26)20-22)23-17-19-27-25-13-9-11-15-29(25)34(6,7)31(27)21-23;1-28(2,3)29(22-15-13-21(14-16-22)20-9-5-4-6-10-20)23-17-18-27-25(19-23)24-11-7-8-12-26(24)30-27;1-28(2,3)29(25-20-18-23(19-21-25)22-12-6-4-7-13-22)27-17-11-10-16-26(27)24-14-8-5-9-15-24;1-28(2,3)29(26-19-17-24(18-20-26)22-11-6-4-7-12-22)27-16-10-15-25(21-27)23-13-8-5-9-14-23/h8-21H,1-7H3;4-19H,1-3H3;2*4-21H,1-3H3. The van der Waals surface area contributed by atoms with Gasteiger partial charge in [-0.25, -0.2) is 0 Å². The van der Waals surface area contributed by atoms with Crippen molar-refractivity contribution < 1.29 is 4.42 Å². The van der Waals surface area contributed by atoms with Crippen LogP contribution in [0.25, 0.3) is 99.8 Å². The van der Waals surface area contributed by atoms with Gasteiger partial charge in [0.2, 0.25) is 0 Å². The highest BCUT2D eigenvalue weighted by Gasteiger charge is 2.39. The molecule has 0 saturated carbocycles. The van der Waals surface area contributed by atoms with Gasteiger partial charge in [0, 0.05) is 94.8 Å². The third-order valence-electron chi connectivity index (χ3n) is 24.1. The molecule has 19 rings (SSSR count). The first-order chi connectivity index (χ1) is 59.1. The largest absolute Gasteiger partial charge is 0.456 e. The number of hydrogen-bond donors (Lipinski definition) is 0. The van der Waals surface area contributed by atoms with E-state index in [-0.39, 0.29) is 33.0 Å². The Morgan fingerprint density at radius 3 is 0.894 bits per heavy atom. The van der Waals surface area contributed by atoms with Crippen molar-refractivity contribution in [2.24, 2.45) is 0 Å². The third-order valence-corrected chi connectivity index (χ3v) is 24.1. The van der Waals surface area contributed by atoms with Crippen molar-refractivity contribution >= 4 is 67.4 Å². The molecule has 17 aromatic rings. The molecule has 0 saturated heterocycles. The van der Waals surface area contributed by atoms with Gasteiger partial charge in [0.15, 0.2) is 0 Å². The van der Waals surface area contributed by atoms with Gasteiger partial charge in [-0.1, -0.05) is 325 Å². The summed E-state index contributed by atoms with van der Waals surface area (Å²) in [6.07, 6.45) is 0. The summed E-state index contributed by atoms with van der Waals surface area (Å²) in [5.41, 5.74) is 34.8. The van der Waals surface area contributed by atoms with Crippen LogP contribution in [0.4, 0.5) is 45.5 Å². The van der Waals surface area contributed by atoms with E-state index in [1.54, 1.807) is 0 Å². The zero-order valence-electron chi connectivity index (χ0n) is 74.3. The fraction of sp³-hybridized carbons (Fsp3) is 0.186. The Bertz CT molecular complexity index is 6390. The van der Waals surface area contributed by atoms with Crippen LogP contribution < -0.4 is 19.6 Å². The molecule has 0 atom stereocenters. The first-order valence-corrected chi connectivity index (χ1v) is 43.5. The van der Waals surface area contributed by atoms with Crippen LogP contribution in [0.1, 0.15) is 133 Å². The van der Waals surface area contributed by atoms with Crippen molar-refractivity contribution in [3.05, 3.63) is 423 Å². The van der Waals surface area contributed by atoms with Crippen molar-refractivity contribution in [1.29, 1.82) is 0 Å². The smallest absolute Gasteiger partial charge is 0.135 e. The molecule has 0 fully saturated rings. The van der Waals surface area contributed by atoms with Crippen molar-refractivity contribution in [3.63, 3.8) is 0 Å². The molecular weight excluding hydrogens is 1490 g/mol. The van der Waals surface area contributed by atoms with Crippen LogP contribution >= 0.6 is 0 Å². The minimum atomic E-state index is -0.0819. The van der Waals surface area contributed by atoms with Crippen molar-refractivity contribution in [2.75, 3.05) is 19.6 Å². The summed E-state index contributed by atoms with van der Waals surface area (Å²) >= 11 is 0. The van der Waals surface area contributed by atoms with E-state index >= 15 is 0 Å². The predicted molar refractivity (Wildman–Crippen MR) is 529 cm³/mol. The maximum atomic E-state index is 6.02. The lowest BCUT2D eigenvalue weighted by atomic mass is 9.81. The average Bonchev–Trinajstić information content (AvgIpc) is 1.58. The monoisotopic (exact) mass is 1600 g/mol. The number of para-hydroxylation sites is 2. The fourth-order valence-electron chi connectivity index (χ4n) is 18.5. The van der Waals surface area contributed by atoms with E-state index in [1.807, 2.05) is 12.1 Å². The van der Waals surface area contributed by atoms with Crippen molar-refractivity contribution in [3.8, 4) is 77.9 Å². The van der Waals surface area contributed by atoms with Gasteiger partial charge in [0.1, 0.15) is 11.2 Å². The highest BCUT2D eigenvalue weighted by atomic mass is 16.3. The van der Waals surface area contributed by atoms with Gasteiger partial charge in [0.05, 0.1) is 0 Å². The Kier molecular flexibility index (Phi) is 23.1. The highest BCUT2D eigenvalue weighted by molar-refractivity contribution is 6.06. The molecule has 0 amide bonds. The second-order valence-electron chi connectivity index (χ2n) is 37.6. The maximum absolute atomic E-state index is 6.02. The van der Waals surface area contributed by atoms with Gasteiger partial charge in [-0.2, -0.15) is 0 Å². The Morgan fingerprint density at radius 2 is 0.472 bits per heavy atom. The molecule has 612 valence electrons. The van der Waals surface area contributed by atoms with Gasteiger partial charge in [-0.15, -0.1) is 0 Å².